The van der Waals surface area contributed by atoms with Gasteiger partial charge in [-0.1, -0.05) is 44.2 Å². The second kappa shape index (κ2) is 6.65. The highest BCUT2D eigenvalue weighted by molar-refractivity contribution is 5.85. The predicted octanol–water partition coefficient (Wildman–Crippen LogP) is 3.81. The molecule has 1 aromatic carbocycles. The van der Waals surface area contributed by atoms with Crippen molar-refractivity contribution in [1.29, 1.82) is 0 Å². The number of nitrogens with two attached hydrogens (primary N) is 1. The van der Waals surface area contributed by atoms with Gasteiger partial charge in [0.15, 0.2) is 0 Å². The molecule has 1 nitrogen and oxygen atoms in total. The van der Waals surface area contributed by atoms with Crippen LogP contribution in [0.25, 0.3) is 0 Å². The highest BCUT2D eigenvalue weighted by Gasteiger charge is 2.05. The zero-order chi connectivity index (χ0) is 10.6. The van der Waals surface area contributed by atoms with Crippen molar-refractivity contribution in [3.05, 3.63) is 48.0 Å². The summed E-state index contributed by atoms with van der Waals surface area (Å²) < 4.78 is 0. The lowest BCUT2D eigenvalue weighted by molar-refractivity contribution is 0.736. The van der Waals surface area contributed by atoms with Gasteiger partial charge in [0, 0.05) is 6.04 Å². The Balaban J connectivity index is 0.00000196. The molecule has 0 saturated carbocycles. The van der Waals surface area contributed by atoms with Crippen LogP contribution in [0.15, 0.2) is 36.9 Å². The van der Waals surface area contributed by atoms with E-state index in [1.807, 2.05) is 6.08 Å². The summed E-state index contributed by atoms with van der Waals surface area (Å²) >= 11 is 0. The minimum absolute atomic E-state index is 0. The maximum Gasteiger partial charge on any atom is 0.0329 e. The van der Waals surface area contributed by atoms with Gasteiger partial charge in [0.25, 0.3) is 0 Å². The van der Waals surface area contributed by atoms with Crippen LogP contribution in [0.5, 0.6) is 0 Å². The molecule has 0 spiro atoms. The number of benzene rings is 1. The fraction of sp³-hybridized carbons (Fsp3) is 0.385. The molecule has 1 rings (SSSR count). The molecule has 0 unspecified atom stereocenters. The van der Waals surface area contributed by atoms with Crippen molar-refractivity contribution >= 4 is 12.4 Å². The maximum absolute atomic E-state index is 6.00. The molecule has 0 aliphatic carbocycles. The summed E-state index contributed by atoms with van der Waals surface area (Å²) in [5.74, 6) is 0.561. The summed E-state index contributed by atoms with van der Waals surface area (Å²) in [5.41, 5.74) is 8.56. The van der Waals surface area contributed by atoms with Gasteiger partial charge in [0.2, 0.25) is 0 Å². The van der Waals surface area contributed by atoms with Crippen LogP contribution in [0.2, 0.25) is 0 Å². The minimum Gasteiger partial charge on any atom is -0.324 e. The molecule has 0 aliphatic heterocycles. The van der Waals surface area contributed by atoms with E-state index in [4.69, 9.17) is 5.73 Å². The lowest BCUT2D eigenvalue weighted by Crippen LogP contribution is -2.09. The Kier molecular flexibility index (Phi) is 6.30. The summed E-state index contributed by atoms with van der Waals surface area (Å²) in [6.45, 7) is 8.09. The Morgan fingerprint density at radius 1 is 1.33 bits per heavy atom. The Morgan fingerprint density at radius 3 is 2.47 bits per heavy atom. The molecule has 2 N–H and O–H groups in total. The van der Waals surface area contributed by atoms with E-state index in [0.717, 1.165) is 6.42 Å². The van der Waals surface area contributed by atoms with E-state index in [1.54, 1.807) is 0 Å². The lowest BCUT2D eigenvalue weighted by atomic mass is 9.97. The summed E-state index contributed by atoms with van der Waals surface area (Å²) in [6.07, 6.45) is 2.70. The average molecular weight is 226 g/mol. The molecule has 0 bridgehead atoms. The van der Waals surface area contributed by atoms with Crippen LogP contribution in [-0.2, 0) is 0 Å². The van der Waals surface area contributed by atoms with Crippen LogP contribution < -0.4 is 5.73 Å². The monoisotopic (exact) mass is 225 g/mol. The van der Waals surface area contributed by atoms with Gasteiger partial charge in [-0.25, -0.2) is 0 Å². The fourth-order valence-corrected chi connectivity index (χ4v) is 1.46. The molecule has 0 aromatic heterocycles. The molecule has 0 heterocycles. The third-order valence-corrected chi connectivity index (χ3v) is 2.43. The summed E-state index contributed by atoms with van der Waals surface area (Å²) in [7, 11) is 0. The Morgan fingerprint density at radius 2 is 1.93 bits per heavy atom. The van der Waals surface area contributed by atoms with Gasteiger partial charge in [-0.2, -0.15) is 0 Å². The van der Waals surface area contributed by atoms with Crippen molar-refractivity contribution < 1.29 is 0 Å². The Hall–Kier alpha value is -0.790. The Labute approximate surface area is 98.8 Å². The largest absolute Gasteiger partial charge is 0.324 e. The normalized spacial score (nSPS) is 12.0. The quantitative estimate of drug-likeness (QED) is 0.775. The van der Waals surface area contributed by atoms with Gasteiger partial charge in [-0.3, -0.25) is 0 Å². The standard InChI is InChI=1S/C13H19N.ClH/c1-4-6-13(14)12-8-5-7-11(9-12)10(2)3;/h4-5,7-10,13H,1,6,14H2,2-3H3;1H/t13-;/m1./s1. The fourth-order valence-electron chi connectivity index (χ4n) is 1.46. The van der Waals surface area contributed by atoms with Crippen molar-refractivity contribution in [2.75, 3.05) is 0 Å². The third-order valence-electron chi connectivity index (χ3n) is 2.43. The van der Waals surface area contributed by atoms with E-state index in [0.29, 0.717) is 5.92 Å². The maximum atomic E-state index is 6.00. The topological polar surface area (TPSA) is 26.0 Å². The van der Waals surface area contributed by atoms with Crippen LogP contribution >= 0.6 is 12.4 Å². The third kappa shape index (κ3) is 4.06. The first-order valence-corrected chi connectivity index (χ1v) is 5.11. The highest BCUT2D eigenvalue weighted by Crippen LogP contribution is 2.20. The van der Waals surface area contributed by atoms with Crippen molar-refractivity contribution in [3.8, 4) is 0 Å². The zero-order valence-corrected chi connectivity index (χ0v) is 10.3. The van der Waals surface area contributed by atoms with Crippen molar-refractivity contribution in [1.82, 2.24) is 0 Å². The molecule has 84 valence electrons. The molecular formula is C13H20ClN. The second-order valence-electron chi connectivity index (χ2n) is 3.96. The average Bonchev–Trinajstić information content (AvgIpc) is 2.18. The molecule has 0 aliphatic rings. The summed E-state index contributed by atoms with van der Waals surface area (Å²) in [4.78, 5) is 0. The molecule has 1 aromatic rings. The van der Waals surface area contributed by atoms with E-state index in [-0.39, 0.29) is 18.4 Å². The van der Waals surface area contributed by atoms with Crippen molar-refractivity contribution in [2.24, 2.45) is 5.73 Å². The summed E-state index contributed by atoms with van der Waals surface area (Å²) in [5, 5.41) is 0. The van der Waals surface area contributed by atoms with E-state index in [1.165, 1.54) is 11.1 Å². The first-order valence-electron chi connectivity index (χ1n) is 5.11. The molecule has 0 saturated heterocycles. The van der Waals surface area contributed by atoms with Crippen LogP contribution in [0.1, 0.15) is 43.4 Å². The second-order valence-corrected chi connectivity index (χ2v) is 3.96. The minimum atomic E-state index is 0. The van der Waals surface area contributed by atoms with Crippen molar-refractivity contribution in [3.63, 3.8) is 0 Å². The number of rotatable bonds is 4. The Bertz CT molecular complexity index is 307. The summed E-state index contributed by atoms with van der Waals surface area (Å²) in [6, 6.07) is 8.59. The van der Waals surface area contributed by atoms with Gasteiger partial charge in [0.05, 0.1) is 0 Å². The van der Waals surface area contributed by atoms with Gasteiger partial charge < -0.3 is 5.73 Å². The number of hydrogen-bond donors (Lipinski definition) is 1. The van der Waals surface area contributed by atoms with Crippen LogP contribution in [-0.4, -0.2) is 0 Å². The molecule has 0 amide bonds. The van der Waals surface area contributed by atoms with E-state index >= 15 is 0 Å². The number of halogens is 1. The predicted molar refractivity (Wildman–Crippen MR) is 69.5 cm³/mol. The first kappa shape index (κ1) is 14.2. The van der Waals surface area contributed by atoms with Crippen LogP contribution in [0.3, 0.4) is 0 Å². The van der Waals surface area contributed by atoms with Gasteiger partial charge in [0.1, 0.15) is 0 Å². The van der Waals surface area contributed by atoms with E-state index in [9.17, 15) is 0 Å². The lowest BCUT2D eigenvalue weighted by Gasteiger charge is -2.12. The number of hydrogen-bond acceptors (Lipinski definition) is 1. The molecular weight excluding hydrogens is 206 g/mol. The zero-order valence-electron chi connectivity index (χ0n) is 9.44. The molecule has 2 heteroatoms. The van der Waals surface area contributed by atoms with Crippen LogP contribution in [0.4, 0.5) is 0 Å². The highest BCUT2D eigenvalue weighted by atomic mass is 35.5. The smallest absolute Gasteiger partial charge is 0.0329 e. The molecule has 15 heavy (non-hydrogen) atoms. The van der Waals surface area contributed by atoms with Crippen LogP contribution in [0, 0.1) is 0 Å². The first-order chi connectivity index (χ1) is 6.65. The van der Waals surface area contributed by atoms with E-state index in [2.05, 4.69) is 44.7 Å². The molecule has 1 atom stereocenters. The van der Waals surface area contributed by atoms with Gasteiger partial charge >= 0.3 is 0 Å². The van der Waals surface area contributed by atoms with E-state index < -0.39 is 0 Å². The molecule has 0 fully saturated rings. The van der Waals surface area contributed by atoms with Gasteiger partial charge in [-0.05, 0) is 23.5 Å². The van der Waals surface area contributed by atoms with Crippen molar-refractivity contribution in [2.45, 2.75) is 32.2 Å². The molecule has 0 radical (unpaired) electrons. The SMILES string of the molecule is C=CC[C@@H](N)c1cccc(C(C)C)c1.Cl. The van der Waals surface area contributed by atoms with Gasteiger partial charge in [-0.15, -0.1) is 19.0 Å².